The predicted molar refractivity (Wildman–Crippen MR) is 82.6 cm³/mol. The highest BCUT2D eigenvalue weighted by atomic mass is 16.5. The van der Waals surface area contributed by atoms with E-state index < -0.39 is 0 Å². The van der Waals surface area contributed by atoms with Crippen molar-refractivity contribution in [1.82, 2.24) is 0 Å². The molecule has 20 heavy (non-hydrogen) atoms. The van der Waals surface area contributed by atoms with Gasteiger partial charge < -0.3 is 9.47 Å². The van der Waals surface area contributed by atoms with Crippen LogP contribution < -0.4 is 0 Å². The number of rotatable bonds is 7. The van der Waals surface area contributed by atoms with Crippen LogP contribution in [0.4, 0.5) is 0 Å². The van der Waals surface area contributed by atoms with E-state index >= 15 is 0 Å². The van der Waals surface area contributed by atoms with Crippen molar-refractivity contribution in [2.75, 3.05) is 6.61 Å². The molecule has 0 aliphatic carbocycles. The SMILES string of the molecule is C=CC[C@H]1O[C@H](CCOCc2ccccc2)CC=C1C. The van der Waals surface area contributed by atoms with Crippen LogP contribution in [0.3, 0.4) is 0 Å². The van der Waals surface area contributed by atoms with Gasteiger partial charge in [-0.1, -0.05) is 42.5 Å². The smallest absolute Gasteiger partial charge is 0.0820 e. The molecule has 2 nitrogen and oxygen atoms in total. The topological polar surface area (TPSA) is 18.5 Å². The molecule has 1 aromatic rings. The van der Waals surface area contributed by atoms with E-state index in [2.05, 4.69) is 31.7 Å². The Labute approximate surface area is 122 Å². The van der Waals surface area contributed by atoms with Crippen LogP contribution in [-0.2, 0) is 16.1 Å². The average Bonchev–Trinajstić information content (AvgIpc) is 2.48. The summed E-state index contributed by atoms with van der Waals surface area (Å²) >= 11 is 0. The van der Waals surface area contributed by atoms with E-state index in [1.54, 1.807) is 0 Å². The van der Waals surface area contributed by atoms with E-state index in [1.165, 1.54) is 11.1 Å². The molecule has 0 spiro atoms. The standard InChI is InChI=1S/C18H24O2/c1-3-7-18-15(2)10-11-17(20-18)12-13-19-14-16-8-5-4-6-9-16/h3-6,8-10,17-18H,1,7,11-14H2,2H3/t17-,18+/m0/s1. The highest BCUT2D eigenvalue weighted by Crippen LogP contribution is 2.23. The molecule has 1 heterocycles. The minimum Gasteiger partial charge on any atom is -0.377 e. The van der Waals surface area contributed by atoms with E-state index in [9.17, 15) is 0 Å². The van der Waals surface area contributed by atoms with Crippen molar-refractivity contribution in [3.05, 3.63) is 60.2 Å². The van der Waals surface area contributed by atoms with Gasteiger partial charge in [0.25, 0.3) is 0 Å². The van der Waals surface area contributed by atoms with E-state index in [-0.39, 0.29) is 12.2 Å². The third kappa shape index (κ3) is 4.62. The van der Waals surface area contributed by atoms with Gasteiger partial charge in [-0.2, -0.15) is 0 Å². The molecule has 0 fully saturated rings. The lowest BCUT2D eigenvalue weighted by Gasteiger charge is -2.29. The number of hydrogen-bond donors (Lipinski definition) is 0. The molecule has 0 radical (unpaired) electrons. The molecule has 2 heteroatoms. The first-order chi connectivity index (χ1) is 9.79. The third-order valence-electron chi connectivity index (χ3n) is 3.64. The lowest BCUT2D eigenvalue weighted by molar-refractivity contribution is -0.0208. The zero-order chi connectivity index (χ0) is 14.2. The van der Waals surface area contributed by atoms with Crippen molar-refractivity contribution < 1.29 is 9.47 Å². The van der Waals surface area contributed by atoms with Crippen molar-refractivity contribution in [1.29, 1.82) is 0 Å². The van der Waals surface area contributed by atoms with Gasteiger partial charge in [0.05, 0.1) is 18.8 Å². The van der Waals surface area contributed by atoms with Crippen molar-refractivity contribution in [2.45, 2.75) is 45.0 Å². The fourth-order valence-corrected chi connectivity index (χ4v) is 2.40. The number of ether oxygens (including phenoxy) is 2. The van der Waals surface area contributed by atoms with E-state index in [4.69, 9.17) is 9.47 Å². The fourth-order valence-electron chi connectivity index (χ4n) is 2.40. The molecule has 108 valence electrons. The summed E-state index contributed by atoms with van der Waals surface area (Å²) in [5.74, 6) is 0. The summed E-state index contributed by atoms with van der Waals surface area (Å²) in [6, 6.07) is 10.3. The Bertz CT molecular complexity index is 436. The minimum absolute atomic E-state index is 0.209. The van der Waals surface area contributed by atoms with Crippen molar-refractivity contribution >= 4 is 0 Å². The molecule has 0 aromatic heterocycles. The first-order valence-corrected chi connectivity index (χ1v) is 7.34. The molecule has 2 atom stereocenters. The average molecular weight is 272 g/mol. The molecule has 0 bridgehead atoms. The maximum absolute atomic E-state index is 6.07. The van der Waals surface area contributed by atoms with Crippen molar-refractivity contribution in [3.8, 4) is 0 Å². The van der Waals surface area contributed by atoms with Gasteiger partial charge in [-0.25, -0.2) is 0 Å². The summed E-state index contributed by atoms with van der Waals surface area (Å²) < 4.78 is 11.8. The zero-order valence-corrected chi connectivity index (χ0v) is 12.3. The Kier molecular flexibility index (Phi) is 6.03. The molecule has 1 aromatic carbocycles. The largest absolute Gasteiger partial charge is 0.377 e. The third-order valence-corrected chi connectivity index (χ3v) is 3.64. The molecule has 2 rings (SSSR count). The maximum atomic E-state index is 6.07. The first kappa shape index (κ1) is 15.0. The molecule has 0 unspecified atom stereocenters. The van der Waals surface area contributed by atoms with Gasteiger partial charge in [-0.15, -0.1) is 6.58 Å². The summed E-state index contributed by atoms with van der Waals surface area (Å²) in [6.45, 7) is 7.35. The van der Waals surface area contributed by atoms with Crippen LogP contribution in [0.25, 0.3) is 0 Å². The minimum atomic E-state index is 0.209. The van der Waals surface area contributed by atoms with Gasteiger partial charge in [0.2, 0.25) is 0 Å². The van der Waals surface area contributed by atoms with E-state index in [1.807, 2.05) is 24.3 Å². The molecule has 0 saturated heterocycles. The second-order valence-corrected chi connectivity index (χ2v) is 5.28. The van der Waals surface area contributed by atoms with Crippen LogP contribution in [0.5, 0.6) is 0 Å². The van der Waals surface area contributed by atoms with E-state index in [0.29, 0.717) is 6.61 Å². The quantitative estimate of drug-likeness (QED) is 0.545. The molecule has 0 N–H and O–H groups in total. The van der Waals surface area contributed by atoms with E-state index in [0.717, 1.165) is 25.9 Å². The predicted octanol–water partition coefficient (Wildman–Crippen LogP) is 4.27. The second-order valence-electron chi connectivity index (χ2n) is 5.28. The highest BCUT2D eigenvalue weighted by Gasteiger charge is 2.21. The Balaban J connectivity index is 1.68. The summed E-state index contributed by atoms with van der Waals surface area (Å²) in [5, 5.41) is 0. The van der Waals surface area contributed by atoms with Crippen LogP contribution in [0, 0.1) is 0 Å². The Morgan fingerprint density at radius 3 is 2.90 bits per heavy atom. The van der Waals surface area contributed by atoms with Gasteiger partial charge in [-0.3, -0.25) is 0 Å². The van der Waals surface area contributed by atoms with Crippen LogP contribution in [0.1, 0.15) is 31.7 Å². The Morgan fingerprint density at radius 2 is 2.15 bits per heavy atom. The summed E-state index contributed by atoms with van der Waals surface area (Å²) in [5.41, 5.74) is 2.55. The normalized spacial score (nSPS) is 22.4. The molecule has 1 aliphatic rings. The lowest BCUT2D eigenvalue weighted by atomic mass is 10.0. The molecule has 1 aliphatic heterocycles. The first-order valence-electron chi connectivity index (χ1n) is 7.34. The Hall–Kier alpha value is -1.38. The molecule has 0 saturated carbocycles. The van der Waals surface area contributed by atoms with Crippen molar-refractivity contribution in [2.24, 2.45) is 0 Å². The summed E-state index contributed by atoms with van der Waals surface area (Å²) in [7, 11) is 0. The number of hydrogen-bond acceptors (Lipinski definition) is 2. The molecular weight excluding hydrogens is 248 g/mol. The van der Waals surface area contributed by atoms with Gasteiger partial charge >= 0.3 is 0 Å². The monoisotopic (exact) mass is 272 g/mol. The van der Waals surface area contributed by atoms with Crippen molar-refractivity contribution in [3.63, 3.8) is 0 Å². The lowest BCUT2D eigenvalue weighted by Crippen LogP contribution is -2.27. The van der Waals surface area contributed by atoms with Crippen LogP contribution >= 0.6 is 0 Å². The Morgan fingerprint density at radius 1 is 1.35 bits per heavy atom. The van der Waals surface area contributed by atoms with Gasteiger partial charge in [0.1, 0.15) is 0 Å². The van der Waals surface area contributed by atoms with Crippen LogP contribution in [0.2, 0.25) is 0 Å². The summed E-state index contributed by atoms with van der Waals surface area (Å²) in [4.78, 5) is 0. The molecule has 0 amide bonds. The van der Waals surface area contributed by atoms with Gasteiger partial charge in [-0.05, 0) is 37.3 Å². The number of benzene rings is 1. The summed E-state index contributed by atoms with van der Waals surface area (Å²) in [6.07, 6.45) is 7.54. The second kappa shape index (κ2) is 8.03. The maximum Gasteiger partial charge on any atom is 0.0820 e. The molecular formula is C18H24O2. The highest BCUT2D eigenvalue weighted by molar-refractivity contribution is 5.13. The zero-order valence-electron chi connectivity index (χ0n) is 12.3. The van der Waals surface area contributed by atoms with Crippen LogP contribution in [-0.4, -0.2) is 18.8 Å². The fraction of sp³-hybridized carbons (Fsp3) is 0.444. The van der Waals surface area contributed by atoms with Gasteiger partial charge in [0, 0.05) is 6.61 Å². The van der Waals surface area contributed by atoms with Crippen LogP contribution in [0.15, 0.2) is 54.6 Å². The van der Waals surface area contributed by atoms with Gasteiger partial charge in [0.15, 0.2) is 0 Å².